The van der Waals surface area contributed by atoms with Crippen LogP contribution in [0.4, 0.5) is 0 Å². The minimum atomic E-state index is -1.12. The third-order valence-electron chi connectivity index (χ3n) is 5.08. The van der Waals surface area contributed by atoms with E-state index in [4.69, 9.17) is 13.9 Å². The van der Waals surface area contributed by atoms with Crippen LogP contribution in [0.25, 0.3) is 0 Å². The molecule has 2 atom stereocenters. The van der Waals surface area contributed by atoms with E-state index >= 15 is 0 Å². The lowest BCUT2D eigenvalue weighted by molar-refractivity contribution is -0.0804. The molecule has 7 heteroatoms. The van der Waals surface area contributed by atoms with Gasteiger partial charge in [0.05, 0.1) is 24.0 Å². The molecule has 1 aromatic rings. The fourth-order valence-electron chi connectivity index (χ4n) is 3.85. The van der Waals surface area contributed by atoms with Crippen molar-refractivity contribution in [2.75, 3.05) is 39.4 Å². The Morgan fingerprint density at radius 1 is 1.31 bits per heavy atom. The van der Waals surface area contributed by atoms with E-state index in [1.54, 1.807) is 6.07 Å². The molecule has 3 heterocycles. The summed E-state index contributed by atoms with van der Waals surface area (Å²) in [5.74, 6) is 0.159. The highest BCUT2D eigenvalue weighted by Crippen LogP contribution is 2.34. The van der Waals surface area contributed by atoms with Crippen LogP contribution in [-0.2, 0) is 15.1 Å². The van der Waals surface area contributed by atoms with Gasteiger partial charge in [-0.3, -0.25) is 9.69 Å². The number of carbonyl (C=O) groups excluding carboxylic acids is 1. The van der Waals surface area contributed by atoms with Gasteiger partial charge in [0.25, 0.3) is 5.91 Å². The number of carbonyl (C=O) groups is 1. The van der Waals surface area contributed by atoms with Crippen LogP contribution >= 0.6 is 0 Å². The average molecular weight is 366 g/mol. The largest absolute Gasteiger partial charge is 0.465 e. The van der Waals surface area contributed by atoms with Gasteiger partial charge in [0, 0.05) is 52.2 Å². The van der Waals surface area contributed by atoms with Gasteiger partial charge in [0.2, 0.25) is 0 Å². The highest BCUT2D eigenvalue weighted by molar-refractivity contribution is 5.95. The lowest BCUT2D eigenvalue weighted by Crippen LogP contribution is -2.46. The van der Waals surface area contributed by atoms with Gasteiger partial charge >= 0.3 is 0 Å². The molecule has 0 aliphatic carbocycles. The zero-order chi connectivity index (χ0) is 18.6. The number of ether oxygens (including phenoxy) is 2. The summed E-state index contributed by atoms with van der Waals surface area (Å²) in [7, 11) is 0. The number of hydrogen-bond donors (Lipinski definition) is 2. The second-order valence-corrected chi connectivity index (χ2v) is 7.43. The van der Waals surface area contributed by atoms with Crippen LogP contribution in [0.15, 0.2) is 16.7 Å². The first-order valence-electron chi connectivity index (χ1n) is 9.52. The van der Waals surface area contributed by atoms with Crippen molar-refractivity contribution in [1.82, 2.24) is 10.2 Å². The van der Waals surface area contributed by atoms with Crippen LogP contribution in [0, 0.1) is 0 Å². The lowest BCUT2D eigenvalue weighted by Gasteiger charge is -2.35. The summed E-state index contributed by atoms with van der Waals surface area (Å²) in [5, 5.41) is 13.7. The van der Waals surface area contributed by atoms with Crippen molar-refractivity contribution in [3.05, 3.63) is 23.7 Å². The maximum absolute atomic E-state index is 12.5. The van der Waals surface area contributed by atoms with Crippen molar-refractivity contribution >= 4 is 5.91 Å². The van der Waals surface area contributed by atoms with E-state index in [1.807, 2.05) is 0 Å². The van der Waals surface area contributed by atoms with Crippen molar-refractivity contribution in [3.63, 3.8) is 0 Å². The summed E-state index contributed by atoms with van der Waals surface area (Å²) < 4.78 is 16.5. The SMILES string of the molecule is C[C@@H]1CN(CCCNC(=O)c2ccoc2C2(O)CCOCC2)C[C@H](C)O1. The van der Waals surface area contributed by atoms with E-state index in [2.05, 4.69) is 24.1 Å². The van der Waals surface area contributed by atoms with E-state index in [1.165, 1.54) is 6.26 Å². The highest BCUT2D eigenvalue weighted by atomic mass is 16.5. The Kier molecular flexibility index (Phi) is 6.34. The molecule has 0 aromatic carbocycles. The molecule has 0 spiro atoms. The summed E-state index contributed by atoms with van der Waals surface area (Å²) in [6.07, 6.45) is 3.72. The maximum atomic E-state index is 12.5. The minimum absolute atomic E-state index is 0.197. The molecule has 0 bridgehead atoms. The molecule has 0 radical (unpaired) electrons. The Bertz CT molecular complexity index is 587. The first-order chi connectivity index (χ1) is 12.5. The van der Waals surface area contributed by atoms with Gasteiger partial charge in [0.15, 0.2) is 0 Å². The molecule has 1 amide bonds. The zero-order valence-electron chi connectivity index (χ0n) is 15.7. The van der Waals surface area contributed by atoms with Crippen LogP contribution in [0.3, 0.4) is 0 Å². The number of furan rings is 1. The molecule has 0 unspecified atom stereocenters. The lowest BCUT2D eigenvalue weighted by atomic mass is 9.89. The molecule has 26 heavy (non-hydrogen) atoms. The Hall–Kier alpha value is -1.41. The zero-order valence-corrected chi connectivity index (χ0v) is 15.7. The number of nitrogens with one attached hydrogen (secondary N) is 1. The van der Waals surface area contributed by atoms with Crippen molar-refractivity contribution in [2.24, 2.45) is 0 Å². The Morgan fingerprint density at radius 3 is 2.69 bits per heavy atom. The monoisotopic (exact) mass is 366 g/mol. The van der Waals surface area contributed by atoms with Gasteiger partial charge in [-0.05, 0) is 26.3 Å². The first-order valence-corrected chi connectivity index (χ1v) is 9.52. The highest BCUT2D eigenvalue weighted by Gasteiger charge is 2.38. The predicted molar refractivity (Wildman–Crippen MR) is 96.1 cm³/mol. The van der Waals surface area contributed by atoms with Crippen LogP contribution in [-0.4, -0.2) is 67.5 Å². The van der Waals surface area contributed by atoms with E-state index in [-0.39, 0.29) is 18.1 Å². The molecule has 3 rings (SSSR count). The fourth-order valence-corrected chi connectivity index (χ4v) is 3.85. The summed E-state index contributed by atoms with van der Waals surface area (Å²) in [6, 6.07) is 1.63. The first kappa shape index (κ1) is 19.4. The molecule has 1 aromatic heterocycles. The van der Waals surface area contributed by atoms with Crippen molar-refractivity contribution in [2.45, 2.75) is 50.9 Å². The topological polar surface area (TPSA) is 84.2 Å². The summed E-state index contributed by atoms with van der Waals surface area (Å²) in [5.41, 5.74) is -0.697. The Balaban J connectivity index is 1.48. The van der Waals surface area contributed by atoms with Gasteiger partial charge in [-0.1, -0.05) is 0 Å². The third kappa shape index (κ3) is 4.65. The van der Waals surface area contributed by atoms with Gasteiger partial charge in [-0.2, -0.15) is 0 Å². The number of rotatable bonds is 6. The van der Waals surface area contributed by atoms with E-state index < -0.39 is 5.60 Å². The second kappa shape index (κ2) is 8.52. The van der Waals surface area contributed by atoms with Crippen molar-refractivity contribution in [3.8, 4) is 0 Å². The van der Waals surface area contributed by atoms with Crippen LogP contribution in [0.2, 0.25) is 0 Å². The molecule has 2 N–H and O–H groups in total. The number of hydrogen-bond acceptors (Lipinski definition) is 6. The molecule has 146 valence electrons. The summed E-state index contributed by atoms with van der Waals surface area (Å²) in [4.78, 5) is 14.9. The molecule has 2 saturated heterocycles. The van der Waals surface area contributed by atoms with Crippen molar-refractivity contribution < 1.29 is 23.8 Å². The number of morpholine rings is 1. The van der Waals surface area contributed by atoms with E-state index in [0.29, 0.717) is 43.9 Å². The van der Waals surface area contributed by atoms with Gasteiger partial charge < -0.3 is 24.3 Å². The van der Waals surface area contributed by atoms with Gasteiger partial charge in [-0.15, -0.1) is 0 Å². The number of nitrogens with zero attached hydrogens (tertiary/aromatic N) is 1. The van der Waals surface area contributed by atoms with Crippen LogP contribution in [0.5, 0.6) is 0 Å². The standard InChI is InChI=1S/C19H30N2O5/c1-14-12-21(13-15(2)26-14)8-3-7-20-18(22)16-4-9-25-17(16)19(23)5-10-24-11-6-19/h4,9,14-15,23H,3,5-8,10-13H2,1-2H3,(H,20,22)/t14-,15+. The quantitative estimate of drug-likeness (QED) is 0.743. The number of aliphatic hydroxyl groups is 1. The third-order valence-corrected chi connectivity index (χ3v) is 5.08. The Labute approximate surface area is 154 Å². The second-order valence-electron chi connectivity index (χ2n) is 7.43. The average Bonchev–Trinajstić information content (AvgIpc) is 3.09. The normalized spacial score (nSPS) is 26.6. The molecule has 2 aliphatic rings. The van der Waals surface area contributed by atoms with Crippen LogP contribution in [0.1, 0.15) is 49.2 Å². The van der Waals surface area contributed by atoms with Crippen LogP contribution < -0.4 is 5.32 Å². The number of amides is 1. The minimum Gasteiger partial charge on any atom is -0.465 e. The van der Waals surface area contributed by atoms with E-state index in [9.17, 15) is 9.90 Å². The van der Waals surface area contributed by atoms with E-state index in [0.717, 1.165) is 26.1 Å². The van der Waals surface area contributed by atoms with Gasteiger partial charge in [-0.25, -0.2) is 0 Å². The van der Waals surface area contributed by atoms with Crippen molar-refractivity contribution in [1.29, 1.82) is 0 Å². The fraction of sp³-hybridized carbons (Fsp3) is 0.737. The summed E-state index contributed by atoms with van der Waals surface area (Å²) >= 11 is 0. The smallest absolute Gasteiger partial charge is 0.254 e. The molecule has 2 aliphatic heterocycles. The maximum Gasteiger partial charge on any atom is 0.254 e. The Morgan fingerprint density at radius 2 is 2.00 bits per heavy atom. The van der Waals surface area contributed by atoms with Gasteiger partial charge in [0.1, 0.15) is 11.4 Å². The molecule has 2 fully saturated rings. The molecular weight excluding hydrogens is 336 g/mol. The summed E-state index contributed by atoms with van der Waals surface area (Å²) in [6.45, 7) is 8.49. The molecule has 0 saturated carbocycles. The molecular formula is C19H30N2O5. The predicted octanol–water partition coefficient (Wildman–Crippen LogP) is 1.51. The molecule has 7 nitrogen and oxygen atoms in total.